The van der Waals surface area contributed by atoms with Crippen molar-refractivity contribution < 1.29 is 9.15 Å². The highest BCUT2D eigenvalue weighted by molar-refractivity contribution is 6.17. The van der Waals surface area contributed by atoms with Crippen LogP contribution in [0.2, 0.25) is 0 Å². The summed E-state index contributed by atoms with van der Waals surface area (Å²) in [5.74, 6) is 0.926. The molecular formula is C18H15ClO3. The molecule has 0 spiro atoms. The molecule has 0 saturated carbocycles. The predicted molar refractivity (Wildman–Crippen MR) is 87.6 cm³/mol. The van der Waals surface area contributed by atoms with Crippen molar-refractivity contribution in [3.63, 3.8) is 0 Å². The van der Waals surface area contributed by atoms with E-state index in [-0.39, 0.29) is 5.88 Å². The van der Waals surface area contributed by atoms with Gasteiger partial charge in [-0.3, -0.25) is 0 Å². The van der Waals surface area contributed by atoms with E-state index in [1.54, 1.807) is 6.07 Å². The second-order valence-electron chi connectivity index (χ2n) is 5.16. The SMILES string of the molecule is Cc1cccc(COc2ccc3c(CCl)cc(=O)oc3c2)c1. The maximum atomic E-state index is 11.5. The molecule has 1 heterocycles. The molecule has 1 aromatic heterocycles. The quantitative estimate of drug-likeness (QED) is 0.528. The van der Waals surface area contributed by atoms with Crippen molar-refractivity contribution in [2.75, 3.05) is 0 Å². The third-order valence-corrected chi connectivity index (χ3v) is 3.72. The minimum Gasteiger partial charge on any atom is -0.489 e. The fourth-order valence-electron chi connectivity index (χ4n) is 2.38. The van der Waals surface area contributed by atoms with Crippen molar-refractivity contribution in [3.05, 3.63) is 75.6 Å². The van der Waals surface area contributed by atoms with E-state index in [4.69, 9.17) is 20.8 Å². The average Bonchev–Trinajstić information content (AvgIpc) is 2.51. The third kappa shape index (κ3) is 3.15. The van der Waals surface area contributed by atoms with Crippen molar-refractivity contribution in [1.29, 1.82) is 0 Å². The fourth-order valence-corrected chi connectivity index (χ4v) is 2.60. The van der Waals surface area contributed by atoms with Crippen LogP contribution in [0.5, 0.6) is 5.75 Å². The number of alkyl halides is 1. The maximum absolute atomic E-state index is 11.5. The zero-order valence-corrected chi connectivity index (χ0v) is 12.9. The van der Waals surface area contributed by atoms with Gasteiger partial charge in [0.1, 0.15) is 17.9 Å². The number of hydrogen-bond acceptors (Lipinski definition) is 3. The van der Waals surface area contributed by atoms with Crippen molar-refractivity contribution >= 4 is 22.6 Å². The van der Waals surface area contributed by atoms with Crippen LogP contribution in [0, 0.1) is 6.92 Å². The topological polar surface area (TPSA) is 39.4 Å². The molecule has 3 nitrogen and oxygen atoms in total. The van der Waals surface area contributed by atoms with Gasteiger partial charge >= 0.3 is 5.63 Å². The van der Waals surface area contributed by atoms with Crippen molar-refractivity contribution in [2.45, 2.75) is 19.4 Å². The Morgan fingerprint density at radius 1 is 1.14 bits per heavy atom. The minimum absolute atomic E-state index is 0.269. The van der Waals surface area contributed by atoms with Crippen molar-refractivity contribution in [3.8, 4) is 5.75 Å². The Morgan fingerprint density at radius 2 is 2.00 bits per heavy atom. The summed E-state index contributed by atoms with van der Waals surface area (Å²) in [6, 6.07) is 15.0. The first-order valence-corrected chi connectivity index (χ1v) is 7.50. The lowest BCUT2D eigenvalue weighted by Crippen LogP contribution is -2.00. The number of fused-ring (bicyclic) bond motifs is 1. The number of hydrogen-bond donors (Lipinski definition) is 0. The maximum Gasteiger partial charge on any atom is 0.336 e. The Balaban J connectivity index is 1.87. The number of ether oxygens (including phenoxy) is 1. The molecule has 0 amide bonds. The minimum atomic E-state index is -0.404. The summed E-state index contributed by atoms with van der Waals surface area (Å²) in [5.41, 5.74) is 3.13. The molecule has 0 saturated heterocycles. The number of benzene rings is 2. The molecule has 3 rings (SSSR count). The van der Waals surface area contributed by atoms with Gasteiger partial charge in [-0.1, -0.05) is 29.8 Å². The Bertz CT molecular complexity index is 868. The van der Waals surface area contributed by atoms with Crippen LogP contribution in [0.25, 0.3) is 11.0 Å². The first-order chi connectivity index (χ1) is 10.7. The lowest BCUT2D eigenvalue weighted by Gasteiger charge is -2.08. The molecule has 0 aliphatic heterocycles. The summed E-state index contributed by atoms with van der Waals surface area (Å²) < 4.78 is 11.0. The van der Waals surface area contributed by atoms with E-state index in [9.17, 15) is 4.79 Å². The van der Waals surface area contributed by atoms with Crippen molar-refractivity contribution in [2.24, 2.45) is 0 Å². The molecule has 0 aliphatic rings. The summed E-state index contributed by atoms with van der Waals surface area (Å²) in [4.78, 5) is 11.5. The number of aryl methyl sites for hydroxylation is 1. The van der Waals surface area contributed by atoms with Crippen LogP contribution in [-0.2, 0) is 12.5 Å². The van der Waals surface area contributed by atoms with Crippen LogP contribution >= 0.6 is 11.6 Å². The highest BCUT2D eigenvalue weighted by Crippen LogP contribution is 2.24. The molecule has 2 aromatic carbocycles. The monoisotopic (exact) mass is 314 g/mol. The van der Waals surface area contributed by atoms with E-state index in [0.717, 1.165) is 16.5 Å². The van der Waals surface area contributed by atoms with Crippen LogP contribution in [0.1, 0.15) is 16.7 Å². The summed E-state index contributed by atoms with van der Waals surface area (Å²) in [6.45, 7) is 2.51. The standard InChI is InChI=1S/C18H15ClO3/c1-12-3-2-4-13(7-12)11-21-15-5-6-16-14(10-19)8-18(20)22-17(16)9-15/h2-9H,10-11H2,1H3. The van der Waals surface area contributed by atoms with E-state index < -0.39 is 5.63 Å². The summed E-state index contributed by atoms with van der Waals surface area (Å²) in [5, 5.41) is 0.831. The van der Waals surface area contributed by atoms with Crippen LogP contribution < -0.4 is 10.4 Å². The molecule has 0 radical (unpaired) electrons. The fraction of sp³-hybridized carbons (Fsp3) is 0.167. The molecule has 0 fully saturated rings. The normalized spacial score (nSPS) is 10.8. The van der Waals surface area contributed by atoms with Crippen LogP contribution in [0.4, 0.5) is 0 Å². The van der Waals surface area contributed by atoms with Gasteiger partial charge < -0.3 is 9.15 Å². The van der Waals surface area contributed by atoms with Crippen LogP contribution in [0.3, 0.4) is 0 Å². The van der Waals surface area contributed by atoms with Gasteiger partial charge in [-0.2, -0.15) is 0 Å². The van der Waals surface area contributed by atoms with Gasteiger partial charge in [0.2, 0.25) is 0 Å². The molecule has 112 valence electrons. The molecular weight excluding hydrogens is 300 g/mol. The number of rotatable bonds is 4. The number of halogens is 1. The summed E-state index contributed by atoms with van der Waals surface area (Å²) in [6.07, 6.45) is 0. The van der Waals surface area contributed by atoms with E-state index >= 15 is 0 Å². The molecule has 22 heavy (non-hydrogen) atoms. The molecule has 0 bridgehead atoms. The zero-order chi connectivity index (χ0) is 15.5. The first-order valence-electron chi connectivity index (χ1n) is 6.97. The van der Waals surface area contributed by atoms with Crippen LogP contribution in [0.15, 0.2) is 57.7 Å². The van der Waals surface area contributed by atoms with Gasteiger partial charge in [0.15, 0.2) is 0 Å². The molecule has 0 N–H and O–H groups in total. The lowest BCUT2D eigenvalue weighted by atomic mass is 10.1. The Morgan fingerprint density at radius 3 is 2.77 bits per heavy atom. The van der Waals surface area contributed by atoms with Gasteiger partial charge in [0.05, 0.1) is 0 Å². The summed E-state index contributed by atoms with van der Waals surface area (Å²) in [7, 11) is 0. The Hall–Kier alpha value is -2.26. The first kappa shape index (κ1) is 14.7. The molecule has 0 unspecified atom stereocenters. The van der Waals surface area contributed by atoms with E-state index in [1.807, 2.05) is 37.3 Å². The molecule has 3 aromatic rings. The Kier molecular flexibility index (Phi) is 4.16. The van der Waals surface area contributed by atoms with Gasteiger partial charge in [-0.05, 0) is 30.2 Å². The zero-order valence-electron chi connectivity index (χ0n) is 12.1. The second kappa shape index (κ2) is 6.24. The highest BCUT2D eigenvalue weighted by atomic mass is 35.5. The smallest absolute Gasteiger partial charge is 0.336 e. The van der Waals surface area contributed by atoms with Gasteiger partial charge in [-0.25, -0.2) is 4.79 Å². The second-order valence-corrected chi connectivity index (χ2v) is 5.43. The average molecular weight is 315 g/mol. The van der Waals surface area contributed by atoms with Gasteiger partial charge in [0.25, 0.3) is 0 Å². The lowest BCUT2D eigenvalue weighted by molar-refractivity contribution is 0.306. The highest BCUT2D eigenvalue weighted by Gasteiger charge is 2.06. The van der Waals surface area contributed by atoms with Gasteiger partial charge in [-0.15, -0.1) is 11.6 Å². The third-order valence-electron chi connectivity index (χ3n) is 3.43. The molecule has 0 atom stereocenters. The largest absolute Gasteiger partial charge is 0.489 e. The molecule has 0 aliphatic carbocycles. The molecule has 4 heteroatoms. The summed E-state index contributed by atoms with van der Waals surface area (Å²) >= 11 is 5.86. The van der Waals surface area contributed by atoms with E-state index in [0.29, 0.717) is 17.9 Å². The van der Waals surface area contributed by atoms with Gasteiger partial charge in [0, 0.05) is 23.4 Å². The predicted octanol–water partition coefficient (Wildman–Crippen LogP) is 4.42. The van der Waals surface area contributed by atoms with Crippen LogP contribution in [-0.4, -0.2) is 0 Å². The van der Waals surface area contributed by atoms with E-state index in [1.165, 1.54) is 11.6 Å². The van der Waals surface area contributed by atoms with Crippen molar-refractivity contribution in [1.82, 2.24) is 0 Å². The Labute approximate surface area is 133 Å². The van der Waals surface area contributed by atoms with E-state index in [2.05, 4.69) is 6.07 Å².